The number of thiazole rings is 1. The van der Waals surface area contributed by atoms with Gasteiger partial charge in [-0.15, -0.1) is 17.9 Å². The van der Waals surface area contributed by atoms with Crippen molar-refractivity contribution < 1.29 is 4.58 Å². The van der Waals surface area contributed by atoms with Crippen LogP contribution in [0.4, 0.5) is 0 Å². The van der Waals surface area contributed by atoms with E-state index in [9.17, 15) is 0 Å². The van der Waals surface area contributed by atoms with E-state index in [2.05, 4.69) is 156 Å². The molecule has 6 heteroatoms. The van der Waals surface area contributed by atoms with E-state index in [1.165, 1.54) is 36.5 Å². The first-order chi connectivity index (χ1) is 22.7. The van der Waals surface area contributed by atoms with Gasteiger partial charge in [-0.3, -0.25) is 0 Å². The van der Waals surface area contributed by atoms with Gasteiger partial charge in [-0.05, 0) is 29.8 Å². The lowest BCUT2D eigenvalue weighted by molar-refractivity contribution is -0.563. The minimum atomic E-state index is 0.277. The van der Waals surface area contributed by atoms with Gasteiger partial charge in [-0.1, -0.05) is 139 Å². The molecule has 4 aromatic carbocycles. The molecular weight excluding hydrogens is 619 g/mol. The predicted molar refractivity (Wildman–Crippen MR) is 200 cm³/mol. The summed E-state index contributed by atoms with van der Waals surface area (Å²) in [6.07, 6.45) is 6.69. The highest BCUT2D eigenvalue weighted by atomic mass is 32.2. The molecule has 0 bridgehead atoms. The Labute approximate surface area is 284 Å². The standard InChI is InChI=1S/C40H36N3S3/c1-3-25-42-28-33(26-36-43(4-2)38(30-19-11-6-12-20-30)40(46-36)32-23-15-8-16-24-32)44-35(42)27-34-41-37(29-17-9-5-10-18-29)39(45-34)31-21-13-7-14-22-31/h3,5-24,26-27,38,40H,1,4,25,28H2,2H3/q+1/b33-26-,35-27+. The van der Waals surface area contributed by atoms with Gasteiger partial charge >= 0.3 is 0 Å². The number of hydrogen-bond acceptors (Lipinski definition) is 5. The molecule has 3 heterocycles. The SMILES string of the molecule is C=CCN1C/C(=C/C2=[N+](CC)C(c3ccccc3)C(c3ccccc3)S2)S/C1=C/c1nc(-c2ccccc2)c(-c2ccccc2)s1. The van der Waals surface area contributed by atoms with Crippen LogP contribution in [-0.4, -0.2) is 39.1 Å². The molecule has 0 saturated carbocycles. The number of benzene rings is 4. The topological polar surface area (TPSA) is 19.1 Å². The van der Waals surface area contributed by atoms with Gasteiger partial charge in [0.25, 0.3) is 0 Å². The summed E-state index contributed by atoms with van der Waals surface area (Å²) in [5, 5.41) is 3.88. The fraction of sp³-hybridized carbons (Fsp3) is 0.150. The fourth-order valence-corrected chi connectivity index (χ4v) is 10.0. The second kappa shape index (κ2) is 14.1. The molecule has 0 radical (unpaired) electrons. The minimum Gasteiger partial charge on any atom is -0.357 e. The van der Waals surface area contributed by atoms with E-state index in [1.807, 2.05) is 29.6 Å². The van der Waals surface area contributed by atoms with Crippen molar-refractivity contribution in [3.8, 4) is 21.7 Å². The maximum absolute atomic E-state index is 5.19. The molecule has 5 aromatic rings. The molecular formula is C40H36N3S3+. The van der Waals surface area contributed by atoms with Crippen molar-refractivity contribution in [1.29, 1.82) is 0 Å². The monoisotopic (exact) mass is 654 g/mol. The van der Waals surface area contributed by atoms with Gasteiger partial charge in [0, 0.05) is 34.7 Å². The molecule has 228 valence electrons. The second-order valence-electron chi connectivity index (χ2n) is 11.3. The molecule has 1 fully saturated rings. The van der Waals surface area contributed by atoms with Crippen LogP contribution >= 0.6 is 34.9 Å². The van der Waals surface area contributed by atoms with E-state index in [1.54, 1.807) is 11.3 Å². The van der Waals surface area contributed by atoms with Crippen molar-refractivity contribution in [2.75, 3.05) is 19.6 Å². The number of rotatable bonds is 9. The molecule has 2 unspecified atom stereocenters. The third-order valence-electron chi connectivity index (χ3n) is 8.27. The first-order valence-corrected chi connectivity index (χ1v) is 18.2. The molecule has 0 aliphatic carbocycles. The lowest BCUT2D eigenvalue weighted by atomic mass is 9.97. The van der Waals surface area contributed by atoms with Crippen molar-refractivity contribution in [3.05, 3.63) is 166 Å². The molecule has 1 saturated heterocycles. The van der Waals surface area contributed by atoms with Gasteiger partial charge < -0.3 is 4.90 Å². The normalized spacial score (nSPS) is 19.8. The van der Waals surface area contributed by atoms with Crippen LogP contribution in [0.15, 0.2) is 150 Å². The van der Waals surface area contributed by atoms with Gasteiger partial charge in [-0.25, -0.2) is 9.56 Å². The second-order valence-corrected chi connectivity index (χ2v) is 14.6. The Balaban J connectivity index is 1.24. The summed E-state index contributed by atoms with van der Waals surface area (Å²) in [7, 11) is 0. The summed E-state index contributed by atoms with van der Waals surface area (Å²) in [5.74, 6) is 0. The number of thioether (sulfide) groups is 2. The largest absolute Gasteiger partial charge is 0.357 e. The summed E-state index contributed by atoms with van der Waals surface area (Å²) in [6.45, 7) is 8.95. The summed E-state index contributed by atoms with van der Waals surface area (Å²) in [4.78, 5) is 10.1. The first kappa shape index (κ1) is 30.5. The highest BCUT2D eigenvalue weighted by molar-refractivity contribution is 8.14. The molecule has 0 N–H and O–H groups in total. The molecule has 46 heavy (non-hydrogen) atoms. The van der Waals surface area contributed by atoms with Crippen LogP contribution in [0, 0.1) is 0 Å². The molecule has 3 nitrogen and oxygen atoms in total. The maximum Gasteiger partial charge on any atom is 0.237 e. The average molecular weight is 655 g/mol. The van der Waals surface area contributed by atoms with Crippen LogP contribution < -0.4 is 0 Å². The quantitative estimate of drug-likeness (QED) is 0.116. The Morgan fingerprint density at radius 1 is 0.804 bits per heavy atom. The molecule has 7 rings (SSSR count). The third kappa shape index (κ3) is 6.43. The Bertz CT molecular complexity index is 1840. The lowest BCUT2D eigenvalue weighted by Crippen LogP contribution is -2.21. The smallest absolute Gasteiger partial charge is 0.237 e. The summed E-state index contributed by atoms with van der Waals surface area (Å²) >= 11 is 5.61. The molecule has 1 aromatic heterocycles. The van der Waals surface area contributed by atoms with Crippen LogP contribution in [-0.2, 0) is 0 Å². The molecule has 2 aliphatic heterocycles. The number of likely N-dealkylation sites (N-methyl/N-ethyl adjacent to an activating group) is 1. The molecule has 2 aliphatic rings. The highest BCUT2D eigenvalue weighted by Crippen LogP contribution is 2.49. The average Bonchev–Trinajstić information content (AvgIpc) is 3.82. The van der Waals surface area contributed by atoms with E-state index in [-0.39, 0.29) is 6.04 Å². The zero-order chi connectivity index (χ0) is 31.3. The first-order valence-electron chi connectivity index (χ1n) is 15.7. The highest BCUT2D eigenvalue weighted by Gasteiger charge is 2.43. The lowest BCUT2D eigenvalue weighted by Gasteiger charge is -2.17. The summed E-state index contributed by atoms with van der Waals surface area (Å²) in [5.41, 5.74) is 6.10. The number of aromatic nitrogens is 1. The van der Waals surface area contributed by atoms with Crippen molar-refractivity contribution in [2.24, 2.45) is 0 Å². The zero-order valence-electron chi connectivity index (χ0n) is 25.8. The van der Waals surface area contributed by atoms with Crippen LogP contribution in [0.3, 0.4) is 0 Å². The maximum atomic E-state index is 5.19. The van der Waals surface area contributed by atoms with E-state index >= 15 is 0 Å². The Hall–Kier alpha value is -4.10. The van der Waals surface area contributed by atoms with Crippen molar-refractivity contribution in [1.82, 2.24) is 9.88 Å². The van der Waals surface area contributed by atoms with Crippen LogP contribution in [0.1, 0.15) is 34.4 Å². The zero-order valence-corrected chi connectivity index (χ0v) is 28.3. The van der Waals surface area contributed by atoms with Gasteiger partial charge in [0.15, 0.2) is 6.04 Å². The van der Waals surface area contributed by atoms with Crippen molar-refractivity contribution in [3.63, 3.8) is 0 Å². The molecule has 0 amide bonds. The predicted octanol–water partition coefficient (Wildman–Crippen LogP) is 10.6. The van der Waals surface area contributed by atoms with Gasteiger partial charge in [0.2, 0.25) is 5.04 Å². The van der Waals surface area contributed by atoms with E-state index < -0.39 is 0 Å². The van der Waals surface area contributed by atoms with E-state index in [0.717, 1.165) is 35.9 Å². The Morgan fingerprint density at radius 3 is 2.04 bits per heavy atom. The third-order valence-corrected chi connectivity index (χ3v) is 11.8. The Morgan fingerprint density at radius 2 is 1.41 bits per heavy atom. The number of hydrogen-bond donors (Lipinski definition) is 0. The van der Waals surface area contributed by atoms with E-state index in [0.29, 0.717) is 5.25 Å². The van der Waals surface area contributed by atoms with Gasteiger partial charge in [0.1, 0.15) is 16.8 Å². The fourth-order valence-electron chi connectivity index (χ4n) is 6.15. The van der Waals surface area contributed by atoms with Gasteiger partial charge in [0.05, 0.1) is 22.1 Å². The van der Waals surface area contributed by atoms with Crippen molar-refractivity contribution >= 4 is 46.0 Å². The summed E-state index contributed by atoms with van der Waals surface area (Å²) < 4.78 is 2.59. The van der Waals surface area contributed by atoms with Crippen LogP contribution in [0.5, 0.6) is 0 Å². The number of nitrogens with zero attached hydrogens (tertiary/aromatic N) is 3. The van der Waals surface area contributed by atoms with Crippen LogP contribution in [0.2, 0.25) is 0 Å². The summed E-state index contributed by atoms with van der Waals surface area (Å²) in [6, 6.07) is 43.4. The minimum absolute atomic E-state index is 0.277. The van der Waals surface area contributed by atoms with Gasteiger partial charge in [-0.2, -0.15) is 0 Å². The van der Waals surface area contributed by atoms with Crippen molar-refractivity contribution in [2.45, 2.75) is 18.2 Å². The van der Waals surface area contributed by atoms with E-state index in [4.69, 9.17) is 4.98 Å². The molecule has 0 spiro atoms. The Kier molecular flexibility index (Phi) is 9.38. The van der Waals surface area contributed by atoms with Crippen LogP contribution in [0.25, 0.3) is 27.8 Å². The molecule has 2 atom stereocenters.